The first-order valence-corrected chi connectivity index (χ1v) is 5.95. The minimum atomic E-state index is -0.932. The third-order valence-corrected chi connectivity index (χ3v) is 3.65. The summed E-state index contributed by atoms with van der Waals surface area (Å²) in [5.74, 6) is 0.292. The molecule has 0 amide bonds. The molecule has 2 heterocycles. The van der Waals surface area contributed by atoms with Gasteiger partial charge in [0.25, 0.3) is 0 Å². The third kappa shape index (κ3) is 1.76. The molecule has 3 rings (SSSR count). The molecule has 0 aromatic carbocycles. The number of nitrogen functional groups attached to an aromatic ring is 1. The molecule has 1 aliphatic rings. The van der Waals surface area contributed by atoms with Gasteiger partial charge in [-0.3, -0.25) is 0 Å². The van der Waals surface area contributed by atoms with Crippen LogP contribution in [0, 0.1) is 0 Å². The van der Waals surface area contributed by atoms with Crippen LogP contribution in [0.2, 0.25) is 0 Å². The van der Waals surface area contributed by atoms with Gasteiger partial charge >= 0.3 is 0 Å². The summed E-state index contributed by atoms with van der Waals surface area (Å²) < 4.78 is 6.87. The normalized spacial score (nSPS) is 31.1. The maximum Gasteiger partial charge on any atom is 0.165 e. The predicted octanol–water partition coefficient (Wildman–Crippen LogP) is -0.910. The number of ether oxygens (including phenoxy) is 1. The predicted molar refractivity (Wildman–Crippen MR) is 66.2 cm³/mol. The zero-order valence-corrected chi connectivity index (χ0v) is 10.3. The van der Waals surface area contributed by atoms with E-state index in [0.717, 1.165) is 0 Å². The molecular formula is C11H15N5O3. The van der Waals surface area contributed by atoms with E-state index in [1.165, 1.54) is 13.4 Å². The standard InChI is InChI=1S/C11H15N5O3/c1-19-6-2-5(8(17)9(6)18)16-4-15-7-10(12)13-3-14-11(7)16/h3-6,8-9,17-18H,2H2,1H3,(H2,12,13,14)/t5-,6+,8+,9-/m1/s1. The summed E-state index contributed by atoms with van der Waals surface area (Å²) >= 11 is 0. The van der Waals surface area contributed by atoms with Crippen LogP contribution in [0.3, 0.4) is 0 Å². The first-order chi connectivity index (χ1) is 9.13. The number of imidazole rings is 1. The summed E-state index contributed by atoms with van der Waals surface area (Å²) in [5, 5.41) is 20.0. The number of nitrogens with zero attached hydrogens (tertiary/aromatic N) is 4. The molecule has 0 unspecified atom stereocenters. The minimum absolute atomic E-state index is 0.292. The highest BCUT2D eigenvalue weighted by molar-refractivity contribution is 5.81. The van der Waals surface area contributed by atoms with Crippen LogP contribution in [-0.4, -0.2) is 55.2 Å². The number of methoxy groups -OCH3 is 1. The van der Waals surface area contributed by atoms with Crippen LogP contribution in [0.1, 0.15) is 12.5 Å². The molecule has 0 saturated heterocycles. The number of fused-ring (bicyclic) bond motifs is 1. The molecule has 8 nitrogen and oxygen atoms in total. The lowest BCUT2D eigenvalue weighted by Gasteiger charge is -2.17. The molecular weight excluding hydrogens is 250 g/mol. The number of aliphatic hydroxyl groups excluding tert-OH is 2. The molecule has 4 N–H and O–H groups in total. The Kier molecular flexibility index (Phi) is 2.85. The maximum absolute atomic E-state index is 10.1. The van der Waals surface area contributed by atoms with Crippen LogP contribution in [0.25, 0.3) is 11.2 Å². The fourth-order valence-corrected chi connectivity index (χ4v) is 2.59. The summed E-state index contributed by atoms with van der Waals surface area (Å²) in [6, 6.07) is -0.348. The van der Waals surface area contributed by atoms with Crippen molar-refractivity contribution < 1.29 is 14.9 Å². The highest BCUT2D eigenvalue weighted by Gasteiger charge is 2.43. The Morgan fingerprint density at radius 3 is 2.79 bits per heavy atom. The van der Waals surface area contributed by atoms with Crippen molar-refractivity contribution in [3.63, 3.8) is 0 Å². The molecule has 0 radical (unpaired) electrons. The second kappa shape index (κ2) is 4.41. The number of anilines is 1. The van der Waals surface area contributed by atoms with Crippen LogP contribution in [-0.2, 0) is 4.74 Å². The molecule has 1 saturated carbocycles. The van der Waals surface area contributed by atoms with E-state index in [4.69, 9.17) is 10.5 Å². The number of aromatic nitrogens is 4. The fourth-order valence-electron chi connectivity index (χ4n) is 2.59. The number of hydrogen-bond acceptors (Lipinski definition) is 7. The van der Waals surface area contributed by atoms with Gasteiger partial charge in [0.05, 0.1) is 18.5 Å². The Labute approximate surface area is 108 Å². The average molecular weight is 265 g/mol. The minimum Gasteiger partial charge on any atom is -0.388 e. The lowest BCUT2D eigenvalue weighted by atomic mass is 10.2. The van der Waals surface area contributed by atoms with Crippen molar-refractivity contribution in [1.29, 1.82) is 0 Å². The second-order valence-electron chi connectivity index (χ2n) is 4.64. The summed E-state index contributed by atoms with van der Waals surface area (Å²) in [4.78, 5) is 12.2. The first kappa shape index (κ1) is 12.3. The van der Waals surface area contributed by atoms with Gasteiger partial charge in [-0.25, -0.2) is 15.0 Å². The lowest BCUT2D eigenvalue weighted by molar-refractivity contribution is -0.0404. The van der Waals surface area contributed by atoms with Crippen molar-refractivity contribution in [2.24, 2.45) is 0 Å². The molecule has 1 fully saturated rings. The van der Waals surface area contributed by atoms with Crippen molar-refractivity contribution in [3.8, 4) is 0 Å². The van der Waals surface area contributed by atoms with E-state index in [0.29, 0.717) is 23.4 Å². The highest BCUT2D eigenvalue weighted by atomic mass is 16.5. The van der Waals surface area contributed by atoms with Crippen molar-refractivity contribution in [2.75, 3.05) is 12.8 Å². The second-order valence-corrected chi connectivity index (χ2v) is 4.64. The van der Waals surface area contributed by atoms with Crippen LogP contribution in [0.4, 0.5) is 5.82 Å². The zero-order chi connectivity index (χ0) is 13.6. The topological polar surface area (TPSA) is 119 Å². The molecule has 0 spiro atoms. The maximum atomic E-state index is 10.1. The number of aliphatic hydroxyl groups is 2. The van der Waals surface area contributed by atoms with E-state index < -0.39 is 18.3 Å². The first-order valence-electron chi connectivity index (χ1n) is 5.95. The third-order valence-electron chi connectivity index (χ3n) is 3.65. The van der Waals surface area contributed by atoms with Crippen molar-refractivity contribution in [3.05, 3.63) is 12.7 Å². The van der Waals surface area contributed by atoms with Gasteiger partial charge in [-0.15, -0.1) is 0 Å². The Bertz CT molecular complexity index is 601. The van der Waals surface area contributed by atoms with Crippen LogP contribution in [0.15, 0.2) is 12.7 Å². The molecule has 19 heavy (non-hydrogen) atoms. The monoisotopic (exact) mass is 265 g/mol. The highest BCUT2D eigenvalue weighted by Crippen LogP contribution is 2.34. The van der Waals surface area contributed by atoms with Gasteiger partial charge in [0.1, 0.15) is 24.1 Å². The van der Waals surface area contributed by atoms with E-state index in [9.17, 15) is 10.2 Å². The summed E-state index contributed by atoms with van der Waals surface area (Å²) in [7, 11) is 1.51. The molecule has 4 atom stereocenters. The Hall–Kier alpha value is -1.77. The van der Waals surface area contributed by atoms with E-state index in [1.54, 1.807) is 10.9 Å². The Morgan fingerprint density at radius 2 is 2.11 bits per heavy atom. The van der Waals surface area contributed by atoms with E-state index in [2.05, 4.69) is 15.0 Å². The van der Waals surface area contributed by atoms with E-state index in [1.807, 2.05) is 0 Å². The van der Waals surface area contributed by atoms with Crippen LogP contribution < -0.4 is 5.73 Å². The van der Waals surface area contributed by atoms with Gasteiger partial charge in [-0.1, -0.05) is 0 Å². The van der Waals surface area contributed by atoms with Gasteiger partial charge in [0.2, 0.25) is 0 Å². The van der Waals surface area contributed by atoms with Crippen molar-refractivity contribution in [1.82, 2.24) is 19.5 Å². The van der Waals surface area contributed by atoms with Gasteiger partial charge < -0.3 is 25.3 Å². The number of hydrogen-bond donors (Lipinski definition) is 3. The van der Waals surface area contributed by atoms with Gasteiger partial charge in [0, 0.05) is 7.11 Å². The van der Waals surface area contributed by atoms with Gasteiger partial charge in [0.15, 0.2) is 11.5 Å². The molecule has 8 heteroatoms. The van der Waals surface area contributed by atoms with Gasteiger partial charge in [-0.2, -0.15) is 0 Å². The average Bonchev–Trinajstić information content (AvgIpc) is 2.94. The number of rotatable bonds is 2. The molecule has 2 aromatic heterocycles. The summed E-state index contributed by atoms with van der Waals surface area (Å²) in [6.07, 6.45) is 1.12. The molecule has 0 bridgehead atoms. The summed E-state index contributed by atoms with van der Waals surface area (Å²) in [6.45, 7) is 0. The molecule has 0 aliphatic heterocycles. The Morgan fingerprint density at radius 1 is 1.32 bits per heavy atom. The quantitative estimate of drug-likeness (QED) is 0.643. The Balaban J connectivity index is 2.04. The molecule has 1 aliphatic carbocycles. The van der Waals surface area contributed by atoms with Crippen molar-refractivity contribution in [2.45, 2.75) is 30.8 Å². The van der Waals surface area contributed by atoms with E-state index in [-0.39, 0.29) is 6.04 Å². The lowest BCUT2D eigenvalue weighted by Crippen LogP contribution is -2.32. The zero-order valence-electron chi connectivity index (χ0n) is 10.3. The SMILES string of the molecule is CO[C@H]1C[C@@H](n2cnc3c(N)ncnc32)[C@H](O)[C@@H]1O. The smallest absolute Gasteiger partial charge is 0.165 e. The van der Waals surface area contributed by atoms with Crippen molar-refractivity contribution >= 4 is 17.0 Å². The van der Waals surface area contributed by atoms with Gasteiger partial charge in [-0.05, 0) is 6.42 Å². The molecule has 2 aromatic rings. The molecule has 102 valence electrons. The largest absolute Gasteiger partial charge is 0.388 e. The summed E-state index contributed by atoms with van der Waals surface area (Å²) in [5.41, 5.74) is 6.75. The number of nitrogens with two attached hydrogens (primary N) is 1. The fraction of sp³-hybridized carbons (Fsp3) is 0.545. The van der Waals surface area contributed by atoms with E-state index >= 15 is 0 Å². The van der Waals surface area contributed by atoms with Crippen LogP contribution in [0.5, 0.6) is 0 Å². The van der Waals surface area contributed by atoms with Crippen LogP contribution >= 0.6 is 0 Å².